The van der Waals surface area contributed by atoms with Crippen LogP contribution in [0.4, 0.5) is 0 Å². The van der Waals surface area contributed by atoms with Crippen LogP contribution in [-0.2, 0) is 24.9 Å². The first-order valence-corrected chi connectivity index (χ1v) is 8.62. The molecule has 1 heterocycles. The Kier molecular flexibility index (Phi) is 9.43. The summed E-state index contributed by atoms with van der Waals surface area (Å²) in [6.07, 6.45) is 2.79. The van der Waals surface area contributed by atoms with E-state index in [9.17, 15) is 4.79 Å². The number of ketones is 1. The van der Waals surface area contributed by atoms with Gasteiger partial charge in [-0.05, 0) is 44.5 Å². The molecule has 0 bridgehead atoms. The third kappa shape index (κ3) is 6.84. The van der Waals surface area contributed by atoms with E-state index in [1.165, 1.54) is 36.6 Å². The Bertz CT molecular complexity index is 930. The minimum absolute atomic E-state index is 0. The molecule has 1 aromatic heterocycles. The zero-order valence-corrected chi connectivity index (χ0v) is 18.8. The van der Waals surface area contributed by atoms with E-state index in [-0.39, 0.29) is 31.6 Å². The van der Waals surface area contributed by atoms with Crippen molar-refractivity contribution < 1.29 is 30.0 Å². The maximum atomic E-state index is 10.0. The Morgan fingerprint density at radius 3 is 2.14 bits per heavy atom. The molecule has 0 aliphatic carbocycles. The van der Waals surface area contributed by atoms with E-state index in [0.29, 0.717) is 0 Å². The first-order valence-electron chi connectivity index (χ1n) is 8.62. The fourth-order valence-electron chi connectivity index (χ4n) is 2.71. The monoisotopic (exact) mass is 552 g/mol. The van der Waals surface area contributed by atoms with E-state index >= 15 is 0 Å². The van der Waals surface area contributed by atoms with Crippen LogP contribution >= 0.6 is 0 Å². The Balaban J connectivity index is 0.000000425. The molecule has 3 rings (SSSR count). The second kappa shape index (κ2) is 11.3. The molecule has 147 valence electrons. The first kappa shape index (κ1) is 23.4. The van der Waals surface area contributed by atoms with Crippen LogP contribution in [0.15, 0.2) is 66.7 Å². The van der Waals surface area contributed by atoms with Crippen LogP contribution in [0.25, 0.3) is 22.5 Å². The maximum absolute atomic E-state index is 10.0. The van der Waals surface area contributed by atoms with Crippen molar-refractivity contribution in [2.75, 3.05) is 0 Å². The largest absolute Gasteiger partial charge is 0.512 e. The van der Waals surface area contributed by atoms with Gasteiger partial charge in [0, 0.05) is 31.7 Å². The molecular weight excluding hydrogens is 528 g/mol. The first-order chi connectivity index (χ1) is 12.9. The van der Waals surface area contributed by atoms with Gasteiger partial charge in [0.1, 0.15) is 6.33 Å². The summed E-state index contributed by atoms with van der Waals surface area (Å²) in [6, 6.07) is 19.4. The van der Waals surface area contributed by atoms with Crippen LogP contribution in [0, 0.1) is 19.9 Å². The van der Waals surface area contributed by atoms with Crippen molar-refractivity contribution in [3.63, 3.8) is 0 Å². The second-order valence-electron chi connectivity index (χ2n) is 6.23. The Labute approximate surface area is 179 Å². The molecule has 0 saturated carbocycles. The molecule has 0 spiro atoms. The van der Waals surface area contributed by atoms with Gasteiger partial charge < -0.3 is 5.11 Å². The average Bonchev–Trinajstić information content (AvgIpc) is 2.62. The topological polar surface area (TPSA) is 63.1 Å². The number of hydrogen-bond acceptors (Lipinski definition) is 4. The molecule has 28 heavy (non-hydrogen) atoms. The van der Waals surface area contributed by atoms with Gasteiger partial charge in [0.2, 0.25) is 0 Å². The molecule has 0 atom stereocenters. The number of carbonyl (C=O) groups excluding carboxylic acids is 1. The van der Waals surface area contributed by atoms with Crippen LogP contribution in [0.1, 0.15) is 25.0 Å². The predicted molar refractivity (Wildman–Crippen MR) is 108 cm³/mol. The molecule has 1 radical (unpaired) electrons. The maximum Gasteiger partial charge on any atom is 0.155 e. The van der Waals surface area contributed by atoms with Crippen molar-refractivity contribution in [2.45, 2.75) is 27.7 Å². The van der Waals surface area contributed by atoms with Gasteiger partial charge >= 0.3 is 0 Å². The summed E-state index contributed by atoms with van der Waals surface area (Å²) in [6.45, 7) is 7.07. The number of aryl methyl sites for hydroxylation is 2. The normalized spacial score (nSPS) is 10.4. The number of hydrogen-bond donors (Lipinski definition) is 1. The van der Waals surface area contributed by atoms with Crippen molar-refractivity contribution in [2.24, 2.45) is 0 Å². The second-order valence-corrected chi connectivity index (χ2v) is 6.23. The Hall–Kier alpha value is -2.62. The Morgan fingerprint density at radius 1 is 1.00 bits per heavy atom. The summed E-state index contributed by atoms with van der Waals surface area (Å²) in [4.78, 5) is 18.8. The van der Waals surface area contributed by atoms with Gasteiger partial charge in [-0.15, -0.1) is 35.9 Å². The number of aliphatic hydroxyl groups is 1. The molecule has 0 aliphatic rings. The SMILES string of the molecule is CC(=O)C=C(C)O.Cc1cccc(C)c1-c1cc(-c2[c-]cccc2)ncn1.[Ir]. The number of rotatable bonds is 3. The van der Waals surface area contributed by atoms with Crippen LogP contribution in [0.2, 0.25) is 0 Å². The fraction of sp³-hybridized carbons (Fsp3) is 0.174. The minimum Gasteiger partial charge on any atom is -0.512 e. The molecule has 4 nitrogen and oxygen atoms in total. The number of aliphatic hydroxyl groups excluding tert-OH is 1. The van der Waals surface area contributed by atoms with E-state index in [1.807, 2.05) is 30.3 Å². The molecule has 0 saturated heterocycles. The predicted octanol–water partition coefficient (Wildman–Crippen LogP) is 5.26. The smallest absolute Gasteiger partial charge is 0.155 e. The third-order valence-corrected chi connectivity index (χ3v) is 3.80. The fourth-order valence-corrected chi connectivity index (χ4v) is 2.71. The van der Waals surface area contributed by atoms with Gasteiger partial charge in [-0.2, -0.15) is 0 Å². The van der Waals surface area contributed by atoms with Gasteiger partial charge in [-0.1, -0.05) is 24.3 Å². The average molecular weight is 552 g/mol. The number of aromatic nitrogens is 2. The Morgan fingerprint density at radius 2 is 1.64 bits per heavy atom. The van der Waals surface area contributed by atoms with Crippen LogP contribution in [0.5, 0.6) is 0 Å². The van der Waals surface area contributed by atoms with Gasteiger partial charge in [0.05, 0.1) is 11.5 Å². The summed E-state index contributed by atoms with van der Waals surface area (Å²) in [5, 5.41) is 8.36. The number of nitrogens with zero attached hydrogens (tertiary/aromatic N) is 2. The van der Waals surface area contributed by atoms with Crippen LogP contribution in [0.3, 0.4) is 0 Å². The summed E-state index contributed by atoms with van der Waals surface area (Å²) in [7, 11) is 0. The standard InChI is InChI=1S/C18H15N2.C5H8O2.Ir/c1-13-7-6-8-14(2)18(13)17-11-16(19-12-20-17)15-9-4-3-5-10-15;1-4(6)3-5(2)7;/h3-9,11-12H,1-2H3;3,6H,1-2H3;/q-1;;. The van der Waals surface area contributed by atoms with E-state index in [0.717, 1.165) is 17.0 Å². The van der Waals surface area contributed by atoms with E-state index < -0.39 is 0 Å². The molecule has 3 aromatic rings. The summed E-state index contributed by atoms with van der Waals surface area (Å²) in [5.41, 5.74) is 6.49. The van der Waals surface area contributed by atoms with Gasteiger partial charge in [0.25, 0.3) is 0 Å². The molecule has 0 amide bonds. The summed E-state index contributed by atoms with van der Waals surface area (Å²) in [5.74, 6) is -0.0625. The zero-order chi connectivity index (χ0) is 19.8. The van der Waals surface area contributed by atoms with Crippen molar-refractivity contribution in [3.05, 3.63) is 83.9 Å². The zero-order valence-electron chi connectivity index (χ0n) is 16.4. The molecular formula is C23H23IrN2O2-. The summed E-state index contributed by atoms with van der Waals surface area (Å²) >= 11 is 0. The minimum atomic E-state index is -0.125. The molecule has 5 heteroatoms. The van der Waals surface area contributed by atoms with Crippen molar-refractivity contribution in [1.82, 2.24) is 9.97 Å². The van der Waals surface area contributed by atoms with Crippen LogP contribution in [-0.4, -0.2) is 20.9 Å². The molecule has 2 aromatic carbocycles. The summed E-state index contributed by atoms with van der Waals surface area (Å²) < 4.78 is 0. The molecule has 1 N–H and O–H groups in total. The van der Waals surface area contributed by atoms with Crippen molar-refractivity contribution in [1.29, 1.82) is 0 Å². The molecule has 0 aliphatic heterocycles. The number of benzene rings is 2. The van der Waals surface area contributed by atoms with Crippen molar-refractivity contribution in [3.8, 4) is 22.5 Å². The van der Waals surface area contributed by atoms with Gasteiger partial charge in [-0.25, -0.2) is 4.98 Å². The molecule has 0 unspecified atom stereocenters. The number of carbonyl (C=O) groups is 1. The van der Waals surface area contributed by atoms with E-state index in [2.05, 4.69) is 48.1 Å². The van der Waals surface area contributed by atoms with E-state index in [1.54, 1.807) is 6.33 Å². The third-order valence-electron chi connectivity index (χ3n) is 3.80. The van der Waals surface area contributed by atoms with Gasteiger partial charge in [0.15, 0.2) is 5.78 Å². The van der Waals surface area contributed by atoms with Gasteiger partial charge in [-0.3, -0.25) is 9.78 Å². The molecule has 0 fully saturated rings. The van der Waals surface area contributed by atoms with Crippen LogP contribution < -0.4 is 0 Å². The number of allylic oxidation sites excluding steroid dienone is 2. The quantitative estimate of drug-likeness (QED) is 0.274. The van der Waals surface area contributed by atoms with E-state index in [4.69, 9.17) is 5.11 Å². The van der Waals surface area contributed by atoms with Crippen molar-refractivity contribution >= 4 is 5.78 Å².